The number of nitrogens with zero attached hydrogens (tertiary/aromatic N) is 1. The Morgan fingerprint density at radius 3 is 2.72 bits per heavy atom. The average molecular weight is 308 g/mol. The van der Waals surface area contributed by atoms with Crippen LogP contribution in [0.25, 0.3) is 0 Å². The first-order valence-corrected chi connectivity index (χ1v) is 6.35. The van der Waals surface area contributed by atoms with Crippen LogP contribution in [0.5, 0.6) is 5.75 Å². The Bertz CT molecular complexity index is 557. The van der Waals surface area contributed by atoms with Crippen LogP contribution in [-0.4, -0.2) is 17.2 Å². The summed E-state index contributed by atoms with van der Waals surface area (Å²) in [6.45, 7) is 1.95. The van der Waals surface area contributed by atoms with E-state index < -0.39 is 6.10 Å². The van der Waals surface area contributed by atoms with Gasteiger partial charge >= 0.3 is 0 Å². The largest absolute Gasteiger partial charge is 0.497 e. The fraction of sp³-hybridized carbons (Fsp3) is 0.214. The number of halogens is 1. The summed E-state index contributed by atoms with van der Waals surface area (Å²) in [5.41, 5.74) is 2.57. The quantitative estimate of drug-likeness (QED) is 0.946. The first-order valence-electron chi connectivity index (χ1n) is 5.55. The zero-order valence-corrected chi connectivity index (χ0v) is 11.8. The zero-order chi connectivity index (χ0) is 13.1. The van der Waals surface area contributed by atoms with Gasteiger partial charge in [0, 0.05) is 28.0 Å². The Hall–Kier alpha value is -1.39. The molecule has 1 heterocycles. The van der Waals surface area contributed by atoms with Gasteiger partial charge in [0.15, 0.2) is 0 Å². The first-order chi connectivity index (χ1) is 8.63. The molecule has 18 heavy (non-hydrogen) atoms. The third-order valence-corrected chi connectivity index (χ3v) is 3.59. The Labute approximate surface area is 115 Å². The van der Waals surface area contributed by atoms with E-state index in [1.807, 2.05) is 31.2 Å². The lowest BCUT2D eigenvalue weighted by molar-refractivity contribution is 0.218. The maximum Gasteiger partial charge on any atom is 0.119 e. The van der Waals surface area contributed by atoms with Crippen LogP contribution in [-0.2, 0) is 0 Å². The monoisotopic (exact) mass is 307 g/mol. The van der Waals surface area contributed by atoms with Crippen LogP contribution in [0.4, 0.5) is 0 Å². The maximum absolute atomic E-state index is 10.4. The number of hydrogen-bond acceptors (Lipinski definition) is 3. The normalized spacial score (nSPS) is 12.2. The van der Waals surface area contributed by atoms with Gasteiger partial charge in [-0.1, -0.05) is 15.9 Å². The number of aliphatic hydroxyl groups excluding tert-OH is 1. The number of aliphatic hydroxyl groups is 1. The Balaban J connectivity index is 2.45. The molecule has 0 bridgehead atoms. The molecule has 1 N–H and O–H groups in total. The molecule has 0 aliphatic heterocycles. The van der Waals surface area contributed by atoms with Crippen molar-refractivity contribution in [2.45, 2.75) is 13.0 Å². The fourth-order valence-corrected chi connectivity index (χ4v) is 2.25. The van der Waals surface area contributed by atoms with Crippen molar-refractivity contribution in [1.29, 1.82) is 0 Å². The van der Waals surface area contributed by atoms with E-state index in [4.69, 9.17) is 4.74 Å². The van der Waals surface area contributed by atoms with E-state index in [0.29, 0.717) is 5.75 Å². The van der Waals surface area contributed by atoms with Gasteiger partial charge in [0.2, 0.25) is 0 Å². The number of aromatic nitrogens is 1. The van der Waals surface area contributed by atoms with Gasteiger partial charge in [0.25, 0.3) is 0 Å². The smallest absolute Gasteiger partial charge is 0.119 e. The number of benzene rings is 1. The Morgan fingerprint density at radius 1 is 1.28 bits per heavy atom. The van der Waals surface area contributed by atoms with Crippen molar-refractivity contribution >= 4 is 15.9 Å². The molecule has 0 aliphatic carbocycles. The molecule has 94 valence electrons. The highest BCUT2D eigenvalue weighted by molar-refractivity contribution is 9.10. The van der Waals surface area contributed by atoms with Crippen molar-refractivity contribution in [3.05, 3.63) is 57.8 Å². The molecule has 3 nitrogen and oxygen atoms in total. The second-order valence-electron chi connectivity index (χ2n) is 4.02. The molecule has 4 heteroatoms. The van der Waals surface area contributed by atoms with Gasteiger partial charge in [-0.2, -0.15) is 0 Å². The van der Waals surface area contributed by atoms with Crippen molar-refractivity contribution < 1.29 is 9.84 Å². The first kappa shape index (κ1) is 13.1. The summed E-state index contributed by atoms with van der Waals surface area (Å²) in [6.07, 6.45) is 2.68. The Morgan fingerprint density at radius 2 is 2.06 bits per heavy atom. The van der Waals surface area contributed by atoms with E-state index in [1.165, 1.54) is 0 Å². The topological polar surface area (TPSA) is 42.4 Å². The van der Waals surface area contributed by atoms with E-state index in [2.05, 4.69) is 20.9 Å². The molecular formula is C14H14BrNO2. The summed E-state index contributed by atoms with van der Waals surface area (Å²) in [5, 5.41) is 10.4. The summed E-state index contributed by atoms with van der Waals surface area (Å²) >= 11 is 3.45. The van der Waals surface area contributed by atoms with Gasteiger partial charge in [-0.25, -0.2) is 0 Å². The van der Waals surface area contributed by atoms with Crippen molar-refractivity contribution in [3.63, 3.8) is 0 Å². The highest BCUT2D eigenvalue weighted by atomic mass is 79.9. The molecule has 2 rings (SSSR count). The van der Waals surface area contributed by atoms with Crippen molar-refractivity contribution in [2.75, 3.05) is 7.11 Å². The molecule has 0 saturated heterocycles. The van der Waals surface area contributed by atoms with Gasteiger partial charge in [-0.05, 0) is 36.8 Å². The predicted molar refractivity (Wildman–Crippen MR) is 73.7 cm³/mol. The summed E-state index contributed by atoms with van der Waals surface area (Å²) in [4.78, 5) is 4.06. The molecule has 2 aromatic rings. The van der Waals surface area contributed by atoms with Crippen molar-refractivity contribution in [2.24, 2.45) is 0 Å². The second kappa shape index (κ2) is 5.50. The third kappa shape index (κ3) is 2.54. The van der Waals surface area contributed by atoms with Gasteiger partial charge in [-0.3, -0.25) is 4.98 Å². The van der Waals surface area contributed by atoms with Crippen LogP contribution >= 0.6 is 15.9 Å². The van der Waals surface area contributed by atoms with Crippen molar-refractivity contribution in [1.82, 2.24) is 4.98 Å². The molecule has 1 atom stereocenters. The molecule has 1 aromatic carbocycles. The van der Waals surface area contributed by atoms with Crippen LogP contribution in [0.1, 0.15) is 22.8 Å². The van der Waals surface area contributed by atoms with E-state index in [1.54, 1.807) is 19.5 Å². The predicted octanol–water partition coefficient (Wildman–Crippen LogP) is 3.24. The molecular weight excluding hydrogens is 294 g/mol. The minimum atomic E-state index is -0.719. The third-order valence-electron chi connectivity index (χ3n) is 2.87. The fourth-order valence-electron chi connectivity index (χ4n) is 1.79. The standard InChI is InChI=1S/C14H14BrNO2/c1-9-5-6-16-8-12(9)14(17)11-7-10(18-2)3-4-13(11)15/h3-8,14,17H,1-2H3. The van der Waals surface area contributed by atoms with Gasteiger partial charge in [0.05, 0.1) is 7.11 Å². The van der Waals surface area contributed by atoms with Crippen LogP contribution in [0.2, 0.25) is 0 Å². The number of hydrogen-bond donors (Lipinski definition) is 1. The summed E-state index contributed by atoms with van der Waals surface area (Å²) < 4.78 is 6.02. The molecule has 0 aliphatic rings. The highest BCUT2D eigenvalue weighted by Gasteiger charge is 2.16. The van der Waals surface area contributed by atoms with Gasteiger partial charge in [-0.15, -0.1) is 0 Å². The SMILES string of the molecule is COc1ccc(Br)c(C(O)c2cnccc2C)c1. The van der Waals surface area contributed by atoms with Crippen LogP contribution in [0, 0.1) is 6.92 Å². The number of aryl methyl sites for hydroxylation is 1. The van der Waals surface area contributed by atoms with Crippen molar-refractivity contribution in [3.8, 4) is 5.75 Å². The summed E-state index contributed by atoms with van der Waals surface area (Å²) in [7, 11) is 1.61. The van der Waals surface area contributed by atoms with Crippen LogP contribution in [0.3, 0.4) is 0 Å². The average Bonchev–Trinajstić information content (AvgIpc) is 2.39. The lowest BCUT2D eigenvalue weighted by atomic mass is 9.99. The van der Waals surface area contributed by atoms with Gasteiger partial charge in [0.1, 0.15) is 11.9 Å². The summed E-state index contributed by atoms with van der Waals surface area (Å²) in [6, 6.07) is 7.41. The van der Waals surface area contributed by atoms with E-state index >= 15 is 0 Å². The van der Waals surface area contributed by atoms with Crippen LogP contribution in [0.15, 0.2) is 41.1 Å². The minimum Gasteiger partial charge on any atom is -0.497 e. The highest BCUT2D eigenvalue weighted by Crippen LogP contribution is 2.32. The molecule has 1 aromatic heterocycles. The molecule has 0 saturated carbocycles. The molecule has 0 radical (unpaired) electrons. The van der Waals surface area contributed by atoms with Crippen LogP contribution < -0.4 is 4.74 Å². The number of pyridine rings is 1. The van der Waals surface area contributed by atoms with E-state index in [0.717, 1.165) is 21.2 Å². The molecule has 0 amide bonds. The van der Waals surface area contributed by atoms with E-state index in [9.17, 15) is 5.11 Å². The molecule has 0 spiro atoms. The second-order valence-corrected chi connectivity index (χ2v) is 4.88. The lowest BCUT2D eigenvalue weighted by Gasteiger charge is -2.16. The maximum atomic E-state index is 10.4. The number of methoxy groups -OCH3 is 1. The lowest BCUT2D eigenvalue weighted by Crippen LogP contribution is -2.04. The Kier molecular flexibility index (Phi) is 3.99. The summed E-state index contributed by atoms with van der Waals surface area (Å²) in [5.74, 6) is 0.716. The minimum absolute atomic E-state index is 0.716. The number of rotatable bonds is 3. The van der Waals surface area contributed by atoms with Gasteiger partial charge < -0.3 is 9.84 Å². The zero-order valence-electron chi connectivity index (χ0n) is 10.2. The molecule has 1 unspecified atom stereocenters. The van der Waals surface area contributed by atoms with E-state index in [-0.39, 0.29) is 0 Å². The number of ether oxygens (including phenoxy) is 1. The molecule has 0 fully saturated rings.